The number of aryl methyl sites for hydroxylation is 1. The van der Waals surface area contributed by atoms with Crippen molar-refractivity contribution >= 4 is 27.3 Å². The molecule has 3 heterocycles. The molecule has 0 aliphatic heterocycles. The van der Waals surface area contributed by atoms with E-state index in [1.165, 1.54) is 0 Å². The smallest absolute Gasteiger partial charge is 0.269 e. The molecule has 0 radical (unpaired) electrons. The maximum Gasteiger partial charge on any atom is 0.269 e. The highest BCUT2D eigenvalue weighted by Gasteiger charge is 2.16. The zero-order chi connectivity index (χ0) is 12.5. The molecule has 18 heavy (non-hydrogen) atoms. The molecule has 0 aliphatic rings. The van der Waals surface area contributed by atoms with Crippen LogP contribution in [0.3, 0.4) is 0 Å². The van der Waals surface area contributed by atoms with Crippen molar-refractivity contribution in [2.24, 2.45) is 0 Å². The lowest BCUT2D eigenvalue weighted by Gasteiger charge is -1.90. The number of rotatable bonds is 3. The van der Waals surface area contributed by atoms with Crippen LogP contribution < -0.4 is 0 Å². The van der Waals surface area contributed by atoms with E-state index in [4.69, 9.17) is 4.42 Å². The maximum atomic E-state index is 5.64. The molecule has 0 N–H and O–H groups in total. The minimum Gasteiger partial charge on any atom is -0.414 e. The molecule has 0 aliphatic carbocycles. The van der Waals surface area contributed by atoms with Crippen molar-refractivity contribution in [1.82, 2.24) is 20.0 Å². The van der Waals surface area contributed by atoms with E-state index in [9.17, 15) is 0 Å². The van der Waals surface area contributed by atoms with Gasteiger partial charge in [-0.05, 0) is 34.3 Å². The molecule has 5 nitrogen and oxygen atoms in total. The molecule has 92 valence electrons. The summed E-state index contributed by atoms with van der Waals surface area (Å²) in [6.07, 6.45) is 1.89. The highest BCUT2D eigenvalue weighted by Crippen LogP contribution is 2.29. The van der Waals surface area contributed by atoms with Gasteiger partial charge in [0, 0.05) is 12.7 Å². The molecule has 0 bridgehead atoms. The van der Waals surface area contributed by atoms with Crippen LogP contribution in [-0.2, 0) is 6.54 Å². The number of thiophene rings is 1. The lowest BCUT2D eigenvalue weighted by molar-refractivity contribution is 0.578. The van der Waals surface area contributed by atoms with Gasteiger partial charge in [0.05, 0.1) is 9.35 Å². The molecule has 0 unspecified atom stereocenters. The fraction of sp³-hybridized carbons (Fsp3) is 0.182. The average molecular weight is 325 g/mol. The summed E-state index contributed by atoms with van der Waals surface area (Å²) in [5.74, 6) is 0.954. The predicted octanol–water partition coefficient (Wildman–Crippen LogP) is 3.44. The third kappa shape index (κ3) is 1.99. The van der Waals surface area contributed by atoms with Crippen LogP contribution >= 0.6 is 27.3 Å². The van der Waals surface area contributed by atoms with Gasteiger partial charge in [-0.2, -0.15) is 5.10 Å². The quantitative estimate of drug-likeness (QED) is 0.740. The van der Waals surface area contributed by atoms with Gasteiger partial charge in [0.1, 0.15) is 0 Å². The molecule has 0 fully saturated rings. The predicted molar refractivity (Wildman–Crippen MR) is 72.2 cm³/mol. The Morgan fingerprint density at radius 2 is 2.22 bits per heavy atom. The van der Waals surface area contributed by atoms with Crippen LogP contribution in [0.5, 0.6) is 0 Å². The highest BCUT2D eigenvalue weighted by atomic mass is 79.9. The number of halogens is 1. The third-order valence-electron chi connectivity index (χ3n) is 2.40. The van der Waals surface area contributed by atoms with Crippen LogP contribution in [0.15, 0.2) is 32.6 Å². The molecule has 0 aromatic carbocycles. The first-order valence-electron chi connectivity index (χ1n) is 5.38. The fourth-order valence-electron chi connectivity index (χ4n) is 1.52. The fourth-order valence-corrected chi connectivity index (χ4v) is 2.65. The topological polar surface area (TPSA) is 56.7 Å². The number of hydrogen-bond donors (Lipinski definition) is 0. The zero-order valence-corrected chi connectivity index (χ0v) is 11.9. The van der Waals surface area contributed by atoms with Crippen LogP contribution in [0, 0.1) is 0 Å². The number of nitrogens with zero attached hydrogens (tertiary/aromatic N) is 4. The summed E-state index contributed by atoms with van der Waals surface area (Å²) in [7, 11) is 0. The van der Waals surface area contributed by atoms with Gasteiger partial charge in [-0.1, -0.05) is 6.07 Å². The molecular weight excluding hydrogens is 316 g/mol. The SMILES string of the molecule is CCn1cc(Br)c(-c2nnc(-c3cccs3)o2)n1. The van der Waals surface area contributed by atoms with Crippen LogP contribution in [0.2, 0.25) is 0 Å². The van der Waals surface area contributed by atoms with E-state index in [0.29, 0.717) is 17.5 Å². The van der Waals surface area contributed by atoms with Gasteiger partial charge in [0.15, 0.2) is 5.69 Å². The lowest BCUT2D eigenvalue weighted by Crippen LogP contribution is -1.93. The molecule has 3 aromatic heterocycles. The Morgan fingerprint density at radius 3 is 2.89 bits per heavy atom. The minimum atomic E-state index is 0.428. The summed E-state index contributed by atoms with van der Waals surface area (Å²) >= 11 is 5.01. The monoisotopic (exact) mass is 324 g/mol. The van der Waals surface area contributed by atoms with E-state index in [2.05, 4.69) is 31.2 Å². The van der Waals surface area contributed by atoms with Crippen molar-refractivity contribution in [2.45, 2.75) is 13.5 Å². The second kappa shape index (κ2) is 4.66. The minimum absolute atomic E-state index is 0.428. The van der Waals surface area contributed by atoms with Crippen LogP contribution in [0.1, 0.15) is 6.92 Å². The van der Waals surface area contributed by atoms with E-state index in [-0.39, 0.29) is 0 Å². The molecule has 0 amide bonds. The second-order valence-corrected chi connectivity index (χ2v) is 5.37. The van der Waals surface area contributed by atoms with Crippen LogP contribution in [0.4, 0.5) is 0 Å². The molecule has 0 saturated heterocycles. The van der Waals surface area contributed by atoms with E-state index >= 15 is 0 Å². The average Bonchev–Trinajstić information content (AvgIpc) is 3.08. The van der Waals surface area contributed by atoms with Gasteiger partial charge in [-0.15, -0.1) is 21.5 Å². The van der Waals surface area contributed by atoms with Crippen molar-refractivity contribution in [3.8, 4) is 22.4 Å². The molecular formula is C11H9BrN4OS. The Labute approximate surface area is 116 Å². The van der Waals surface area contributed by atoms with Crippen LogP contribution in [0.25, 0.3) is 22.4 Å². The first-order valence-corrected chi connectivity index (χ1v) is 7.06. The first-order chi connectivity index (χ1) is 8.78. The molecule has 0 atom stereocenters. The van der Waals surface area contributed by atoms with Gasteiger partial charge in [-0.25, -0.2) is 0 Å². The standard InChI is InChI=1S/C11H9BrN4OS/c1-2-16-6-7(12)9(15-16)11-14-13-10(17-11)8-4-3-5-18-8/h3-6H,2H2,1H3. The maximum absolute atomic E-state index is 5.64. The summed E-state index contributed by atoms with van der Waals surface area (Å²) in [6, 6.07) is 3.90. The van der Waals surface area contributed by atoms with Crippen LogP contribution in [-0.4, -0.2) is 20.0 Å². The summed E-state index contributed by atoms with van der Waals surface area (Å²) < 4.78 is 8.30. The molecule has 0 spiro atoms. The van der Waals surface area contributed by atoms with Gasteiger partial charge in [0.2, 0.25) is 0 Å². The Balaban J connectivity index is 2.00. The van der Waals surface area contributed by atoms with Gasteiger partial charge >= 0.3 is 0 Å². The summed E-state index contributed by atoms with van der Waals surface area (Å²) in [5.41, 5.74) is 0.673. The van der Waals surface area contributed by atoms with Gasteiger partial charge in [0.25, 0.3) is 11.8 Å². The van der Waals surface area contributed by atoms with Crippen molar-refractivity contribution in [2.75, 3.05) is 0 Å². The molecule has 0 saturated carbocycles. The Kier molecular flexibility index (Phi) is 3.00. The Morgan fingerprint density at radius 1 is 1.39 bits per heavy atom. The van der Waals surface area contributed by atoms with E-state index in [1.807, 2.05) is 35.3 Å². The van der Waals surface area contributed by atoms with Crippen molar-refractivity contribution < 1.29 is 4.42 Å². The normalized spacial score (nSPS) is 11.0. The largest absolute Gasteiger partial charge is 0.414 e. The van der Waals surface area contributed by atoms with Crippen molar-refractivity contribution in [3.05, 3.63) is 28.2 Å². The first kappa shape index (κ1) is 11.6. The summed E-state index contributed by atoms with van der Waals surface area (Å²) in [6.45, 7) is 2.82. The molecule has 3 aromatic rings. The molecule has 7 heteroatoms. The lowest BCUT2D eigenvalue weighted by atomic mass is 10.4. The molecule has 3 rings (SSSR count). The summed E-state index contributed by atoms with van der Waals surface area (Å²) in [4.78, 5) is 0.958. The number of aromatic nitrogens is 4. The van der Waals surface area contributed by atoms with E-state index in [1.54, 1.807) is 11.3 Å². The van der Waals surface area contributed by atoms with E-state index in [0.717, 1.165) is 15.9 Å². The zero-order valence-electron chi connectivity index (χ0n) is 9.50. The van der Waals surface area contributed by atoms with Gasteiger partial charge < -0.3 is 4.42 Å². The third-order valence-corrected chi connectivity index (χ3v) is 3.84. The van der Waals surface area contributed by atoms with E-state index < -0.39 is 0 Å². The van der Waals surface area contributed by atoms with Crippen molar-refractivity contribution in [1.29, 1.82) is 0 Å². The Bertz CT molecular complexity index is 658. The Hall–Kier alpha value is -1.47. The summed E-state index contributed by atoms with van der Waals surface area (Å²) in [5, 5.41) is 14.4. The highest BCUT2D eigenvalue weighted by molar-refractivity contribution is 9.10. The number of hydrogen-bond acceptors (Lipinski definition) is 5. The van der Waals surface area contributed by atoms with Gasteiger partial charge in [-0.3, -0.25) is 4.68 Å². The second-order valence-electron chi connectivity index (χ2n) is 3.57. The van der Waals surface area contributed by atoms with Crippen molar-refractivity contribution in [3.63, 3.8) is 0 Å².